The minimum Gasteiger partial charge on any atom is -0.497 e. The molecule has 0 saturated heterocycles. The van der Waals surface area contributed by atoms with Crippen LogP contribution < -0.4 is 10.6 Å². The lowest BCUT2D eigenvalue weighted by molar-refractivity contribution is 0.384. The van der Waals surface area contributed by atoms with E-state index in [1.165, 1.54) is 16.4 Å². The highest BCUT2D eigenvalue weighted by molar-refractivity contribution is 7.98. The molecule has 3 rings (SSSR count). The molecule has 24 heavy (non-hydrogen) atoms. The number of hydrogen-bond acceptors (Lipinski definition) is 8. The highest BCUT2D eigenvalue weighted by Crippen LogP contribution is 2.25. The van der Waals surface area contributed by atoms with E-state index in [0.717, 1.165) is 30.0 Å². The van der Waals surface area contributed by atoms with E-state index < -0.39 is 0 Å². The molecule has 1 aromatic carbocycles. The molecule has 0 aliphatic rings. The van der Waals surface area contributed by atoms with Gasteiger partial charge in [-0.2, -0.15) is 4.98 Å². The maximum atomic E-state index is 6.10. The number of ether oxygens (including phenoxy) is 1. The number of benzene rings is 1. The summed E-state index contributed by atoms with van der Waals surface area (Å²) in [6.45, 7) is 2.07. The Bertz CT molecular complexity index is 799. The number of nitrogens with two attached hydrogens (primary N) is 1. The molecular weight excluding hydrogens is 328 g/mol. The maximum Gasteiger partial charge on any atom is 0.237 e. The molecule has 0 fully saturated rings. The second-order valence-electron chi connectivity index (χ2n) is 5.05. The quantitative estimate of drug-likeness (QED) is 0.513. The van der Waals surface area contributed by atoms with Crippen molar-refractivity contribution in [3.05, 3.63) is 36.0 Å². The predicted octanol–water partition coefficient (Wildman–Crippen LogP) is 2.30. The minimum atomic E-state index is 0.495. The van der Waals surface area contributed by atoms with E-state index in [4.69, 9.17) is 15.1 Å². The summed E-state index contributed by atoms with van der Waals surface area (Å²) in [5, 5.41) is 12.8. The van der Waals surface area contributed by atoms with E-state index in [0.29, 0.717) is 22.6 Å². The van der Waals surface area contributed by atoms with Crippen molar-refractivity contribution in [1.82, 2.24) is 25.0 Å². The van der Waals surface area contributed by atoms with Gasteiger partial charge in [-0.25, -0.2) is 4.68 Å². The van der Waals surface area contributed by atoms with Crippen molar-refractivity contribution in [2.24, 2.45) is 0 Å². The average Bonchev–Trinajstić information content (AvgIpc) is 3.20. The summed E-state index contributed by atoms with van der Waals surface area (Å²) < 4.78 is 11.8. The predicted molar refractivity (Wildman–Crippen MR) is 90.0 cm³/mol. The fourth-order valence-electron chi connectivity index (χ4n) is 2.11. The van der Waals surface area contributed by atoms with Gasteiger partial charge in [-0.1, -0.05) is 23.8 Å². The monoisotopic (exact) mass is 346 g/mol. The van der Waals surface area contributed by atoms with Crippen molar-refractivity contribution < 1.29 is 9.26 Å². The third-order valence-electron chi connectivity index (χ3n) is 3.32. The number of hydrogen-bond donors (Lipinski definition) is 1. The number of aromatic nitrogens is 5. The van der Waals surface area contributed by atoms with Crippen molar-refractivity contribution in [3.63, 3.8) is 0 Å². The highest BCUT2D eigenvalue weighted by atomic mass is 32.2. The van der Waals surface area contributed by atoms with Gasteiger partial charge >= 0.3 is 0 Å². The molecule has 0 radical (unpaired) electrons. The molecule has 0 unspecified atom stereocenters. The number of methoxy groups -OCH3 is 1. The lowest BCUT2D eigenvalue weighted by Crippen LogP contribution is -2.11. The first-order valence-corrected chi connectivity index (χ1v) is 8.49. The third-order valence-corrected chi connectivity index (χ3v) is 4.25. The first-order valence-electron chi connectivity index (χ1n) is 7.50. The molecule has 8 nitrogen and oxygen atoms in total. The van der Waals surface area contributed by atoms with Crippen LogP contribution in [0.25, 0.3) is 11.4 Å². The normalized spacial score (nSPS) is 10.9. The van der Waals surface area contributed by atoms with Crippen LogP contribution >= 0.6 is 11.8 Å². The Hall–Kier alpha value is -2.55. The first-order chi connectivity index (χ1) is 11.7. The molecule has 0 spiro atoms. The third kappa shape index (κ3) is 3.51. The van der Waals surface area contributed by atoms with Crippen LogP contribution in [0.1, 0.15) is 25.1 Å². The number of nitrogens with zero attached hydrogens (tertiary/aromatic N) is 5. The van der Waals surface area contributed by atoms with Crippen molar-refractivity contribution in [2.45, 2.75) is 30.7 Å². The smallest absolute Gasteiger partial charge is 0.237 e. The molecular formula is C15H18N6O2S. The molecule has 0 saturated carbocycles. The van der Waals surface area contributed by atoms with E-state index in [1.54, 1.807) is 7.11 Å². The lowest BCUT2D eigenvalue weighted by Gasteiger charge is -2.04. The highest BCUT2D eigenvalue weighted by Gasteiger charge is 2.14. The van der Waals surface area contributed by atoms with Crippen molar-refractivity contribution >= 4 is 11.8 Å². The van der Waals surface area contributed by atoms with Crippen LogP contribution in [-0.4, -0.2) is 32.1 Å². The van der Waals surface area contributed by atoms with Gasteiger partial charge in [-0.15, -0.1) is 10.2 Å². The van der Waals surface area contributed by atoms with Gasteiger partial charge in [-0.05, 0) is 30.7 Å². The van der Waals surface area contributed by atoms with E-state index in [-0.39, 0.29) is 0 Å². The zero-order chi connectivity index (χ0) is 16.9. The number of nitrogen functional groups attached to an aromatic ring is 1. The van der Waals surface area contributed by atoms with Crippen LogP contribution in [0.2, 0.25) is 0 Å². The Morgan fingerprint density at radius 3 is 2.75 bits per heavy atom. The van der Waals surface area contributed by atoms with Gasteiger partial charge in [0.15, 0.2) is 11.6 Å². The molecule has 2 N–H and O–H groups in total. The van der Waals surface area contributed by atoms with Crippen molar-refractivity contribution in [2.75, 3.05) is 13.0 Å². The summed E-state index contributed by atoms with van der Waals surface area (Å²) >= 11 is 1.40. The topological polar surface area (TPSA) is 105 Å². The van der Waals surface area contributed by atoms with Gasteiger partial charge in [-0.3, -0.25) is 0 Å². The van der Waals surface area contributed by atoms with Gasteiger partial charge in [0.05, 0.1) is 12.9 Å². The van der Waals surface area contributed by atoms with Gasteiger partial charge in [0.1, 0.15) is 5.75 Å². The van der Waals surface area contributed by atoms with Gasteiger partial charge in [0, 0.05) is 12.0 Å². The van der Waals surface area contributed by atoms with Crippen LogP contribution in [0.15, 0.2) is 33.9 Å². The molecule has 0 aliphatic carbocycles. The Kier molecular flexibility index (Phi) is 4.99. The van der Waals surface area contributed by atoms with Crippen LogP contribution in [-0.2, 0) is 12.2 Å². The minimum absolute atomic E-state index is 0.495. The second kappa shape index (κ2) is 7.35. The molecule has 0 bridgehead atoms. The van der Waals surface area contributed by atoms with Crippen LogP contribution in [0, 0.1) is 0 Å². The molecule has 2 heterocycles. The van der Waals surface area contributed by atoms with Crippen molar-refractivity contribution in [1.29, 1.82) is 0 Å². The Labute approximate surface area is 143 Å². The summed E-state index contributed by atoms with van der Waals surface area (Å²) in [4.78, 5) is 4.32. The molecule has 0 atom stereocenters. The zero-order valence-corrected chi connectivity index (χ0v) is 14.3. The summed E-state index contributed by atoms with van der Waals surface area (Å²) in [5.41, 5.74) is 0.862. The average molecular weight is 346 g/mol. The van der Waals surface area contributed by atoms with Gasteiger partial charge in [0.2, 0.25) is 11.0 Å². The fraction of sp³-hybridized carbons (Fsp3) is 0.333. The van der Waals surface area contributed by atoms with Crippen molar-refractivity contribution in [3.8, 4) is 17.1 Å². The molecule has 126 valence electrons. The molecule has 0 aliphatic heterocycles. The maximum absolute atomic E-state index is 6.10. The number of thioether (sulfide) groups is 1. The van der Waals surface area contributed by atoms with E-state index >= 15 is 0 Å². The van der Waals surface area contributed by atoms with E-state index in [1.807, 2.05) is 24.3 Å². The van der Waals surface area contributed by atoms with Gasteiger partial charge in [0.25, 0.3) is 0 Å². The molecule has 3 aromatic rings. The largest absolute Gasteiger partial charge is 0.497 e. The summed E-state index contributed by atoms with van der Waals surface area (Å²) in [7, 11) is 1.62. The first kappa shape index (κ1) is 16.3. The summed E-state index contributed by atoms with van der Waals surface area (Å²) in [6.07, 6.45) is 1.79. The molecule has 0 amide bonds. The number of rotatable bonds is 7. The second-order valence-corrected chi connectivity index (χ2v) is 5.99. The van der Waals surface area contributed by atoms with Crippen LogP contribution in [0.4, 0.5) is 0 Å². The van der Waals surface area contributed by atoms with Gasteiger partial charge < -0.3 is 15.1 Å². The van der Waals surface area contributed by atoms with Crippen LogP contribution in [0.5, 0.6) is 5.75 Å². The Morgan fingerprint density at radius 1 is 1.25 bits per heavy atom. The molecule has 9 heteroatoms. The Morgan fingerprint density at radius 2 is 2.04 bits per heavy atom. The summed E-state index contributed by atoms with van der Waals surface area (Å²) in [6, 6.07) is 7.47. The zero-order valence-electron chi connectivity index (χ0n) is 13.5. The standard InChI is InChI=1S/C15H18N6O2S/c1-3-4-12-17-13(23-20-12)9-24-15-19-18-14(21(15)16)10-5-7-11(22-2)8-6-10/h5-8H,3-4,9,16H2,1-2H3. The van der Waals surface area contributed by atoms with E-state index in [2.05, 4.69) is 27.3 Å². The van der Waals surface area contributed by atoms with E-state index in [9.17, 15) is 0 Å². The summed E-state index contributed by atoms with van der Waals surface area (Å²) in [5.74, 6) is 9.22. The molecule has 2 aromatic heterocycles. The lowest BCUT2D eigenvalue weighted by atomic mass is 10.2. The number of aryl methyl sites for hydroxylation is 1. The van der Waals surface area contributed by atoms with Crippen LogP contribution in [0.3, 0.4) is 0 Å². The SMILES string of the molecule is CCCc1noc(CSc2nnc(-c3ccc(OC)cc3)n2N)n1. The fourth-order valence-corrected chi connectivity index (χ4v) is 2.81. The Balaban J connectivity index is 1.69.